The number of amides is 2. The molecule has 0 aliphatic rings. The Hall–Kier alpha value is -3.01. The number of rotatable bonds is 7. The zero-order valence-corrected chi connectivity index (χ0v) is 16.6. The molecule has 0 aromatic heterocycles. The number of carbonyl (C=O) groups excluding carboxylic acids is 2. The maximum Gasteiger partial charge on any atom is 0.407 e. The van der Waals surface area contributed by atoms with Crippen LogP contribution in [0.25, 0.3) is 0 Å². The molecule has 0 atom stereocenters. The Morgan fingerprint density at radius 1 is 1.22 bits per heavy atom. The van der Waals surface area contributed by atoms with Crippen LogP contribution in [0.3, 0.4) is 0 Å². The van der Waals surface area contributed by atoms with E-state index in [0.717, 1.165) is 5.56 Å². The van der Waals surface area contributed by atoms with Gasteiger partial charge in [0.15, 0.2) is 0 Å². The van der Waals surface area contributed by atoms with Gasteiger partial charge in [-0.15, -0.1) is 0 Å². The number of nitrogens with one attached hydrogen (secondary N) is 3. The van der Waals surface area contributed by atoms with Gasteiger partial charge >= 0.3 is 6.09 Å². The van der Waals surface area contributed by atoms with E-state index in [1.807, 2.05) is 38.1 Å². The van der Waals surface area contributed by atoms with Crippen LogP contribution in [0.5, 0.6) is 0 Å². The topological polar surface area (TPSA) is 103 Å². The second kappa shape index (κ2) is 10.2. The quantitative estimate of drug-likeness (QED) is 0.387. The molecule has 146 valence electrons. The van der Waals surface area contributed by atoms with E-state index in [0.29, 0.717) is 18.8 Å². The highest BCUT2D eigenvalue weighted by molar-refractivity contribution is 6.06. The number of ether oxygens (including phenoxy) is 1. The maximum absolute atomic E-state index is 12.3. The van der Waals surface area contributed by atoms with Crippen molar-refractivity contribution in [3.8, 4) is 6.07 Å². The number of benzene rings is 1. The van der Waals surface area contributed by atoms with Crippen LogP contribution in [0.1, 0.15) is 46.1 Å². The number of hydrogen-bond donors (Lipinski definition) is 3. The van der Waals surface area contributed by atoms with Crippen molar-refractivity contribution in [1.29, 1.82) is 5.26 Å². The Morgan fingerprint density at radius 3 is 2.48 bits per heavy atom. The van der Waals surface area contributed by atoms with E-state index < -0.39 is 17.6 Å². The van der Waals surface area contributed by atoms with Gasteiger partial charge in [-0.05, 0) is 38.3 Å². The number of nitrogens with zero attached hydrogens (tertiary/aromatic N) is 1. The number of para-hydroxylation sites is 1. The van der Waals surface area contributed by atoms with Crippen molar-refractivity contribution in [3.05, 3.63) is 41.6 Å². The largest absolute Gasteiger partial charge is 0.444 e. The minimum absolute atomic E-state index is 0.0502. The van der Waals surface area contributed by atoms with Crippen LogP contribution in [0, 0.1) is 11.3 Å². The van der Waals surface area contributed by atoms with Crippen LogP contribution in [0.2, 0.25) is 0 Å². The molecule has 0 spiro atoms. The van der Waals surface area contributed by atoms with Crippen molar-refractivity contribution >= 4 is 17.7 Å². The van der Waals surface area contributed by atoms with Crippen molar-refractivity contribution in [2.24, 2.45) is 0 Å². The molecular formula is C20H28N4O3. The summed E-state index contributed by atoms with van der Waals surface area (Å²) in [5.41, 5.74) is 1.07. The van der Waals surface area contributed by atoms with Crippen LogP contribution < -0.4 is 16.0 Å². The summed E-state index contributed by atoms with van der Waals surface area (Å²) in [5, 5.41) is 17.4. The van der Waals surface area contributed by atoms with Gasteiger partial charge in [0.05, 0.1) is 0 Å². The predicted molar refractivity (Wildman–Crippen MR) is 105 cm³/mol. The Labute approximate surface area is 160 Å². The van der Waals surface area contributed by atoms with Crippen LogP contribution >= 0.6 is 0 Å². The minimum Gasteiger partial charge on any atom is -0.444 e. The fourth-order valence-electron chi connectivity index (χ4n) is 2.18. The van der Waals surface area contributed by atoms with Gasteiger partial charge < -0.3 is 20.7 Å². The van der Waals surface area contributed by atoms with Crippen LogP contribution in [-0.2, 0) is 9.53 Å². The lowest BCUT2D eigenvalue weighted by Crippen LogP contribution is -2.35. The highest BCUT2D eigenvalue weighted by Gasteiger charge is 2.15. The summed E-state index contributed by atoms with van der Waals surface area (Å²) in [7, 11) is 0. The van der Waals surface area contributed by atoms with Crippen LogP contribution in [-0.4, -0.2) is 30.7 Å². The molecule has 7 nitrogen and oxygen atoms in total. The Balaban J connectivity index is 2.54. The summed E-state index contributed by atoms with van der Waals surface area (Å²) in [6.07, 6.45) is 0.821. The minimum atomic E-state index is -0.560. The number of hydrogen-bond acceptors (Lipinski definition) is 5. The molecule has 1 rings (SSSR count). The average molecular weight is 372 g/mol. The zero-order chi connectivity index (χ0) is 20.4. The first-order valence-electron chi connectivity index (χ1n) is 8.85. The molecule has 0 aliphatic heterocycles. The van der Waals surface area contributed by atoms with Crippen molar-refractivity contribution in [2.45, 2.75) is 46.1 Å². The number of alkyl carbamates (subject to hydrolysis) is 1. The molecule has 0 saturated carbocycles. The standard InChI is InChI=1S/C20H28N4O3/c1-14(2)16-8-6-7-9-17(16)24-18(25)15(12-21)13-22-10-11-23-19(26)27-20(3,4)5/h6-9,13-14,22H,10-11H2,1-5H3,(H,23,26)(H,24,25)/b15-13-. The molecule has 0 saturated heterocycles. The molecule has 3 N–H and O–H groups in total. The van der Waals surface area contributed by atoms with Crippen LogP contribution in [0.15, 0.2) is 36.0 Å². The van der Waals surface area contributed by atoms with E-state index in [2.05, 4.69) is 16.0 Å². The van der Waals surface area contributed by atoms with Gasteiger partial charge in [0.1, 0.15) is 17.2 Å². The van der Waals surface area contributed by atoms with Gasteiger partial charge in [-0.25, -0.2) is 4.79 Å². The molecule has 0 bridgehead atoms. The Kier molecular flexibility index (Phi) is 8.34. The monoisotopic (exact) mass is 372 g/mol. The molecule has 0 radical (unpaired) electrons. The van der Waals surface area contributed by atoms with E-state index in [1.165, 1.54) is 6.20 Å². The first kappa shape index (κ1) is 22.0. The summed E-state index contributed by atoms with van der Waals surface area (Å²) < 4.78 is 5.11. The van der Waals surface area contributed by atoms with E-state index in [9.17, 15) is 14.9 Å². The Morgan fingerprint density at radius 2 is 1.89 bits per heavy atom. The smallest absolute Gasteiger partial charge is 0.407 e. The predicted octanol–water partition coefficient (Wildman–Crippen LogP) is 3.27. The first-order chi connectivity index (χ1) is 12.6. The molecule has 2 amide bonds. The van der Waals surface area contributed by atoms with Gasteiger partial charge in [-0.2, -0.15) is 5.26 Å². The lowest BCUT2D eigenvalue weighted by atomic mass is 10.0. The first-order valence-corrected chi connectivity index (χ1v) is 8.85. The normalized spacial score (nSPS) is 11.5. The molecule has 27 heavy (non-hydrogen) atoms. The van der Waals surface area contributed by atoms with E-state index in [4.69, 9.17) is 4.74 Å². The summed E-state index contributed by atoms with van der Waals surface area (Å²) in [4.78, 5) is 23.8. The van der Waals surface area contributed by atoms with E-state index >= 15 is 0 Å². The van der Waals surface area contributed by atoms with Gasteiger partial charge in [-0.1, -0.05) is 32.0 Å². The summed E-state index contributed by atoms with van der Waals surface area (Å²) >= 11 is 0. The van der Waals surface area contributed by atoms with Crippen molar-refractivity contribution < 1.29 is 14.3 Å². The second-order valence-corrected chi connectivity index (χ2v) is 7.25. The summed E-state index contributed by atoms with van der Waals surface area (Å²) in [5.74, 6) is -0.244. The highest BCUT2D eigenvalue weighted by Crippen LogP contribution is 2.23. The number of anilines is 1. The SMILES string of the molecule is CC(C)c1ccccc1NC(=O)/C(C#N)=C\NCCNC(=O)OC(C)(C)C. The molecule has 0 unspecified atom stereocenters. The molecule has 0 aliphatic carbocycles. The molecule has 0 heterocycles. The lowest BCUT2D eigenvalue weighted by Gasteiger charge is -2.19. The van der Waals surface area contributed by atoms with Gasteiger partial charge in [0, 0.05) is 25.0 Å². The van der Waals surface area contributed by atoms with Crippen LogP contribution in [0.4, 0.5) is 10.5 Å². The molecular weight excluding hydrogens is 344 g/mol. The molecule has 1 aromatic rings. The molecule has 0 fully saturated rings. The van der Waals surface area contributed by atoms with Gasteiger partial charge in [0.25, 0.3) is 5.91 Å². The van der Waals surface area contributed by atoms with Crippen molar-refractivity contribution in [3.63, 3.8) is 0 Å². The van der Waals surface area contributed by atoms with Gasteiger partial charge in [-0.3, -0.25) is 4.79 Å². The third-order valence-corrected chi connectivity index (χ3v) is 3.38. The van der Waals surface area contributed by atoms with Crippen molar-refractivity contribution in [2.75, 3.05) is 18.4 Å². The van der Waals surface area contributed by atoms with E-state index in [1.54, 1.807) is 26.8 Å². The fourth-order valence-corrected chi connectivity index (χ4v) is 2.18. The lowest BCUT2D eigenvalue weighted by molar-refractivity contribution is -0.112. The second-order valence-electron chi connectivity index (χ2n) is 7.25. The Bertz CT molecular complexity index is 727. The van der Waals surface area contributed by atoms with E-state index in [-0.39, 0.29) is 11.5 Å². The highest BCUT2D eigenvalue weighted by atomic mass is 16.6. The third kappa shape index (κ3) is 8.27. The fraction of sp³-hybridized carbons (Fsp3) is 0.450. The maximum atomic E-state index is 12.3. The molecule has 7 heteroatoms. The summed E-state index contributed by atoms with van der Waals surface area (Å²) in [6.45, 7) is 10.0. The third-order valence-electron chi connectivity index (χ3n) is 3.38. The zero-order valence-electron chi connectivity index (χ0n) is 16.6. The summed E-state index contributed by atoms with van der Waals surface area (Å²) in [6, 6.07) is 9.36. The molecule has 1 aromatic carbocycles. The number of nitriles is 1. The average Bonchev–Trinajstić information content (AvgIpc) is 2.56. The van der Waals surface area contributed by atoms with Gasteiger partial charge in [0.2, 0.25) is 0 Å². The number of carbonyl (C=O) groups is 2. The van der Waals surface area contributed by atoms with Crippen molar-refractivity contribution in [1.82, 2.24) is 10.6 Å².